The number of sulfonamides is 1. The zero-order chi connectivity index (χ0) is 17.2. The highest BCUT2D eigenvalue weighted by Crippen LogP contribution is 2.20. The van der Waals surface area contributed by atoms with E-state index in [0.29, 0.717) is 30.9 Å². The monoisotopic (exact) mass is 350 g/mol. The number of hydrogen-bond acceptors (Lipinski definition) is 6. The molecule has 0 spiro atoms. The Morgan fingerprint density at radius 1 is 1.38 bits per heavy atom. The van der Waals surface area contributed by atoms with Crippen molar-refractivity contribution in [1.29, 1.82) is 0 Å². The summed E-state index contributed by atoms with van der Waals surface area (Å²) in [7, 11) is -3.27. The molecule has 1 atom stereocenters. The van der Waals surface area contributed by atoms with Gasteiger partial charge in [0.1, 0.15) is 12.7 Å². The highest BCUT2D eigenvalue weighted by atomic mass is 32.2. The Morgan fingerprint density at radius 3 is 2.83 bits per heavy atom. The lowest BCUT2D eigenvalue weighted by molar-refractivity contribution is -0.120. The van der Waals surface area contributed by atoms with Crippen LogP contribution in [-0.2, 0) is 14.8 Å². The number of carbonyl (C=O) groups excluding carboxylic acids is 1. The van der Waals surface area contributed by atoms with E-state index in [1.165, 1.54) is 34.1 Å². The number of hydrogen-bond donors (Lipinski definition) is 1. The highest BCUT2D eigenvalue weighted by molar-refractivity contribution is 7.88. The van der Waals surface area contributed by atoms with Gasteiger partial charge < -0.3 is 5.32 Å². The maximum absolute atomic E-state index is 12.4. The summed E-state index contributed by atoms with van der Waals surface area (Å²) in [6.07, 6.45) is 6.99. The molecule has 2 aromatic heterocycles. The SMILES string of the molecule is CS(=O)(=O)N1CCCC(C(=O)Nc2ccc(-n3cncn3)nc2)C1. The van der Waals surface area contributed by atoms with E-state index >= 15 is 0 Å². The summed E-state index contributed by atoms with van der Waals surface area (Å²) in [5.41, 5.74) is 0.556. The number of anilines is 1. The average molecular weight is 350 g/mol. The second-order valence-electron chi connectivity index (χ2n) is 5.69. The van der Waals surface area contributed by atoms with Crippen molar-refractivity contribution in [3.05, 3.63) is 31.0 Å². The molecule has 3 rings (SSSR count). The number of aromatic nitrogens is 4. The number of piperidine rings is 1. The van der Waals surface area contributed by atoms with Gasteiger partial charge in [0.2, 0.25) is 15.9 Å². The predicted molar refractivity (Wildman–Crippen MR) is 86.9 cm³/mol. The number of nitrogens with one attached hydrogen (secondary N) is 1. The molecule has 0 radical (unpaired) electrons. The molecule has 0 saturated carbocycles. The quantitative estimate of drug-likeness (QED) is 0.848. The van der Waals surface area contributed by atoms with E-state index in [0.717, 1.165) is 0 Å². The fourth-order valence-electron chi connectivity index (χ4n) is 2.62. The highest BCUT2D eigenvalue weighted by Gasteiger charge is 2.30. The maximum Gasteiger partial charge on any atom is 0.228 e. The molecular weight excluding hydrogens is 332 g/mol. The van der Waals surface area contributed by atoms with Crippen molar-refractivity contribution >= 4 is 21.6 Å². The topological polar surface area (TPSA) is 110 Å². The van der Waals surface area contributed by atoms with Gasteiger partial charge in [-0.1, -0.05) is 0 Å². The van der Waals surface area contributed by atoms with Crippen LogP contribution in [0.25, 0.3) is 5.82 Å². The molecule has 1 aliphatic rings. The number of nitrogens with zero attached hydrogens (tertiary/aromatic N) is 5. The minimum atomic E-state index is -3.27. The van der Waals surface area contributed by atoms with Crippen molar-refractivity contribution in [2.75, 3.05) is 24.7 Å². The molecule has 0 aromatic carbocycles. The minimum absolute atomic E-state index is 0.196. The van der Waals surface area contributed by atoms with Gasteiger partial charge >= 0.3 is 0 Å². The summed E-state index contributed by atoms with van der Waals surface area (Å²) in [6, 6.07) is 3.44. The van der Waals surface area contributed by atoms with Crippen LogP contribution in [-0.4, -0.2) is 57.7 Å². The van der Waals surface area contributed by atoms with E-state index in [9.17, 15) is 13.2 Å². The number of amides is 1. The zero-order valence-electron chi connectivity index (χ0n) is 13.2. The molecule has 0 bridgehead atoms. The van der Waals surface area contributed by atoms with E-state index in [2.05, 4.69) is 20.4 Å². The first kappa shape index (κ1) is 16.5. The number of carbonyl (C=O) groups is 1. The van der Waals surface area contributed by atoms with Crippen LogP contribution in [0.4, 0.5) is 5.69 Å². The van der Waals surface area contributed by atoms with Gasteiger partial charge in [-0.15, -0.1) is 0 Å². The summed E-state index contributed by atoms with van der Waals surface area (Å²) in [6.45, 7) is 0.686. The van der Waals surface area contributed by atoms with Gasteiger partial charge in [0.15, 0.2) is 5.82 Å². The van der Waals surface area contributed by atoms with Crippen LogP contribution in [0.1, 0.15) is 12.8 Å². The molecule has 0 aliphatic carbocycles. The Kier molecular flexibility index (Phi) is 4.58. The normalized spacial score (nSPS) is 19.1. The summed E-state index contributed by atoms with van der Waals surface area (Å²) >= 11 is 0. The summed E-state index contributed by atoms with van der Waals surface area (Å²) < 4.78 is 26.1. The molecule has 1 N–H and O–H groups in total. The third-order valence-electron chi connectivity index (χ3n) is 3.89. The second-order valence-corrected chi connectivity index (χ2v) is 7.68. The molecule has 1 amide bonds. The summed E-state index contributed by atoms with van der Waals surface area (Å²) in [4.78, 5) is 20.4. The van der Waals surface area contributed by atoms with Crippen molar-refractivity contribution in [2.45, 2.75) is 12.8 Å². The average Bonchev–Trinajstić information content (AvgIpc) is 3.09. The molecule has 1 aliphatic heterocycles. The van der Waals surface area contributed by atoms with Crippen molar-refractivity contribution < 1.29 is 13.2 Å². The van der Waals surface area contributed by atoms with Crippen LogP contribution in [0, 0.1) is 5.92 Å². The molecule has 128 valence electrons. The van der Waals surface area contributed by atoms with E-state index < -0.39 is 10.0 Å². The minimum Gasteiger partial charge on any atom is -0.324 e. The standard InChI is InChI=1S/C14H18N6O3S/c1-24(22,23)19-6-2-3-11(8-19)14(21)18-12-4-5-13(16-7-12)20-10-15-9-17-20/h4-5,7,9-11H,2-3,6,8H2,1H3,(H,18,21). The molecule has 1 unspecified atom stereocenters. The summed E-state index contributed by atoms with van der Waals surface area (Å²) in [5, 5.41) is 6.76. The van der Waals surface area contributed by atoms with E-state index in [4.69, 9.17) is 0 Å². The smallest absolute Gasteiger partial charge is 0.228 e. The van der Waals surface area contributed by atoms with Gasteiger partial charge in [0.05, 0.1) is 24.1 Å². The fraction of sp³-hybridized carbons (Fsp3) is 0.429. The maximum atomic E-state index is 12.4. The molecule has 1 fully saturated rings. The Hall–Kier alpha value is -2.33. The fourth-order valence-corrected chi connectivity index (χ4v) is 3.54. The van der Waals surface area contributed by atoms with E-state index in [1.54, 1.807) is 12.1 Å². The first-order chi connectivity index (χ1) is 11.4. The molecule has 3 heterocycles. The lowest BCUT2D eigenvalue weighted by Gasteiger charge is -2.30. The van der Waals surface area contributed by atoms with Crippen LogP contribution in [0.2, 0.25) is 0 Å². The predicted octanol–water partition coefficient (Wildman–Crippen LogP) is 0.272. The Bertz CT molecular complexity index is 804. The zero-order valence-corrected chi connectivity index (χ0v) is 14.0. The number of pyridine rings is 1. The van der Waals surface area contributed by atoms with Gasteiger partial charge in [-0.2, -0.15) is 5.10 Å². The van der Waals surface area contributed by atoms with Gasteiger partial charge in [-0.05, 0) is 25.0 Å². The number of rotatable bonds is 4. The first-order valence-corrected chi connectivity index (χ1v) is 9.35. The molecule has 24 heavy (non-hydrogen) atoms. The van der Waals surface area contributed by atoms with E-state index in [-0.39, 0.29) is 18.4 Å². The lowest BCUT2D eigenvalue weighted by atomic mass is 9.99. The molecule has 2 aromatic rings. The van der Waals surface area contributed by atoms with Gasteiger partial charge in [-0.25, -0.2) is 27.4 Å². The van der Waals surface area contributed by atoms with Crippen LogP contribution < -0.4 is 5.32 Å². The van der Waals surface area contributed by atoms with Crippen LogP contribution >= 0.6 is 0 Å². The van der Waals surface area contributed by atoms with Crippen LogP contribution in [0.5, 0.6) is 0 Å². The molecule has 9 nitrogen and oxygen atoms in total. The largest absolute Gasteiger partial charge is 0.324 e. The molecule has 1 saturated heterocycles. The Labute approximate surface area is 139 Å². The molecule has 10 heteroatoms. The van der Waals surface area contributed by atoms with Crippen molar-refractivity contribution in [3.63, 3.8) is 0 Å². The Balaban J connectivity index is 1.64. The van der Waals surface area contributed by atoms with Crippen LogP contribution in [0.3, 0.4) is 0 Å². The third-order valence-corrected chi connectivity index (χ3v) is 5.16. The van der Waals surface area contributed by atoms with Crippen molar-refractivity contribution in [3.8, 4) is 5.82 Å². The molecular formula is C14H18N6O3S. The first-order valence-electron chi connectivity index (χ1n) is 7.50. The van der Waals surface area contributed by atoms with Gasteiger partial charge in [0.25, 0.3) is 0 Å². The van der Waals surface area contributed by atoms with Crippen molar-refractivity contribution in [2.24, 2.45) is 5.92 Å². The summed E-state index contributed by atoms with van der Waals surface area (Å²) in [5.74, 6) is 0.0357. The third kappa shape index (κ3) is 3.77. The van der Waals surface area contributed by atoms with Gasteiger partial charge in [-0.3, -0.25) is 4.79 Å². The van der Waals surface area contributed by atoms with Crippen LogP contribution in [0.15, 0.2) is 31.0 Å². The lowest BCUT2D eigenvalue weighted by Crippen LogP contribution is -2.43. The van der Waals surface area contributed by atoms with E-state index in [1.807, 2.05) is 0 Å². The van der Waals surface area contributed by atoms with Crippen molar-refractivity contribution in [1.82, 2.24) is 24.1 Å². The second kappa shape index (κ2) is 6.65. The van der Waals surface area contributed by atoms with Gasteiger partial charge in [0, 0.05) is 13.1 Å². The Morgan fingerprint density at radius 2 is 2.21 bits per heavy atom.